The fourth-order valence-electron chi connectivity index (χ4n) is 4.12. The highest BCUT2D eigenvalue weighted by atomic mass is 32.1. The Morgan fingerprint density at radius 2 is 0.844 bits per heavy atom. The van der Waals surface area contributed by atoms with E-state index in [1.807, 2.05) is 23.2 Å². The Bertz CT molecular complexity index is 1370. The van der Waals surface area contributed by atoms with Crippen molar-refractivity contribution in [2.24, 2.45) is 0 Å². The van der Waals surface area contributed by atoms with Gasteiger partial charge in [0.1, 0.15) is 10.0 Å². The topological polar surface area (TPSA) is 25.8 Å². The van der Waals surface area contributed by atoms with Crippen molar-refractivity contribution in [3.8, 4) is 43.4 Å². The van der Waals surface area contributed by atoms with E-state index < -0.39 is 0 Å². The summed E-state index contributed by atoms with van der Waals surface area (Å²) < 4.78 is 0. The van der Waals surface area contributed by atoms with Gasteiger partial charge in [-0.1, -0.05) is 84.9 Å². The summed E-state index contributed by atoms with van der Waals surface area (Å²) in [5.41, 5.74) is 7.23. The van der Waals surface area contributed by atoms with Crippen LogP contribution in [0.1, 0.15) is 0 Å². The van der Waals surface area contributed by atoms with Crippen LogP contribution in [0.15, 0.2) is 108 Å². The number of fused-ring (bicyclic) bond motifs is 1. The molecule has 0 radical (unpaired) electrons. The van der Waals surface area contributed by atoms with Gasteiger partial charge in [0.15, 0.2) is 0 Å². The molecule has 0 aliphatic heterocycles. The van der Waals surface area contributed by atoms with E-state index in [9.17, 15) is 0 Å². The first kappa shape index (κ1) is 19.1. The molecule has 0 amide bonds. The summed E-state index contributed by atoms with van der Waals surface area (Å²) in [5, 5.41) is 8.65. The van der Waals surface area contributed by atoms with Gasteiger partial charge in [-0.3, -0.25) is 0 Å². The minimum absolute atomic E-state index is 1.05. The average Bonchev–Trinajstić information content (AvgIpc) is 3.59. The third-order valence-electron chi connectivity index (χ3n) is 5.67. The lowest BCUT2D eigenvalue weighted by atomic mass is 9.91. The molecule has 6 aromatic rings. The van der Waals surface area contributed by atoms with Crippen LogP contribution in [0.2, 0.25) is 0 Å². The van der Waals surface area contributed by atoms with Gasteiger partial charge < -0.3 is 0 Å². The minimum atomic E-state index is 1.05. The molecule has 0 bridgehead atoms. The molecule has 2 aromatic heterocycles. The minimum Gasteiger partial charge on any atom is -0.245 e. The van der Waals surface area contributed by atoms with Crippen molar-refractivity contribution in [2.75, 3.05) is 0 Å². The number of rotatable bonds is 4. The van der Waals surface area contributed by atoms with Crippen LogP contribution in [-0.4, -0.2) is 9.97 Å². The zero-order valence-electron chi connectivity index (χ0n) is 17.1. The van der Waals surface area contributed by atoms with Crippen molar-refractivity contribution in [3.05, 3.63) is 108 Å². The zero-order chi connectivity index (χ0) is 21.3. The number of hydrogen-bond donors (Lipinski definition) is 0. The van der Waals surface area contributed by atoms with E-state index in [1.54, 1.807) is 22.7 Å². The maximum Gasteiger partial charge on any atom is 0.123 e. The molecular weight excluding hydrogens is 428 g/mol. The molecule has 0 aliphatic carbocycles. The predicted molar refractivity (Wildman–Crippen MR) is 137 cm³/mol. The monoisotopic (exact) mass is 446 g/mol. The molecule has 2 nitrogen and oxygen atoms in total. The second-order valence-electron chi connectivity index (χ2n) is 7.54. The third kappa shape index (κ3) is 3.44. The molecule has 0 aliphatic rings. The number of hydrogen-bond acceptors (Lipinski definition) is 4. The summed E-state index contributed by atoms with van der Waals surface area (Å²) in [6.07, 6.45) is 3.70. The van der Waals surface area contributed by atoms with E-state index in [2.05, 4.69) is 94.9 Å². The molecule has 32 heavy (non-hydrogen) atoms. The first-order valence-corrected chi connectivity index (χ1v) is 12.2. The van der Waals surface area contributed by atoms with Crippen molar-refractivity contribution < 1.29 is 0 Å². The molecule has 6 rings (SSSR count). The molecule has 4 heteroatoms. The molecule has 0 fully saturated rings. The summed E-state index contributed by atoms with van der Waals surface area (Å²) in [5.74, 6) is 0. The van der Waals surface area contributed by atoms with Gasteiger partial charge in [0.2, 0.25) is 0 Å². The molecule has 0 N–H and O–H groups in total. The van der Waals surface area contributed by atoms with E-state index in [1.165, 1.54) is 33.0 Å². The smallest absolute Gasteiger partial charge is 0.123 e. The first-order chi connectivity index (χ1) is 15.9. The summed E-state index contributed by atoms with van der Waals surface area (Å²) in [6.45, 7) is 0. The summed E-state index contributed by atoms with van der Waals surface area (Å²) in [4.78, 5) is 8.84. The van der Waals surface area contributed by atoms with Crippen molar-refractivity contribution in [1.29, 1.82) is 0 Å². The van der Waals surface area contributed by atoms with Crippen LogP contribution in [-0.2, 0) is 0 Å². The Labute approximate surface area is 194 Å². The van der Waals surface area contributed by atoms with E-state index in [4.69, 9.17) is 0 Å². The number of thiazole rings is 2. The third-order valence-corrected chi connectivity index (χ3v) is 7.32. The predicted octanol–water partition coefficient (Wildman–Crippen LogP) is 8.42. The van der Waals surface area contributed by atoms with Crippen molar-refractivity contribution in [3.63, 3.8) is 0 Å². The highest BCUT2D eigenvalue weighted by Crippen LogP contribution is 2.37. The van der Waals surface area contributed by atoms with Gasteiger partial charge in [0.25, 0.3) is 0 Å². The van der Waals surface area contributed by atoms with Gasteiger partial charge in [-0.05, 0) is 33.0 Å². The highest BCUT2D eigenvalue weighted by molar-refractivity contribution is 7.13. The number of benzene rings is 4. The highest BCUT2D eigenvalue weighted by Gasteiger charge is 2.10. The fourth-order valence-corrected chi connectivity index (χ4v) is 5.41. The van der Waals surface area contributed by atoms with E-state index in [0.29, 0.717) is 0 Å². The molecule has 152 valence electrons. The quantitative estimate of drug-likeness (QED) is 0.271. The summed E-state index contributed by atoms with van der Waals surface area (Å²) in [6, 6.07) is 30.6. The van der Waals surface area contributed by atoms with Gasteiger partial charge in [-0.2, -0.15) is 0 Å². The second kappa shape index (κ2) is 8.15. The normalized spacial score (nSPS) is 11.1. The number of aromatic nitrogens is 2. The lowest BCUT2D eigenvalue weighted by molar-refractivity contribution is 1.41. The lowest BCUT2D eigenvalue weighted by Gasteiger charge is -2.13. The van der Waals surface area contributed by atoms with E-state index in [-0.39, 0.29) is 0 Å². The Morgan fingerprint density at radius 3 is 1.22 bits per heavy atom. The Balaban J connectivity index is 1.41. The average molecular weight is 447 g/mol. The van der Waals surface area contributed by atoms with Crippen LogP contribution in [0.25, 0.3) is 54.2 Å². The SMILES string of the molecule is c1ccc2c(-c3ccc(-c4nccs4)cc3)ccc(-c3ccc(-c4nccs4)cc3)c2c1. The van der Waals surface area contributed by atoms with Crippen molar-refractivity contribution in [2.45, 2.75) is 0 Å². The number of nitrogens with zero attached hydrogens (tertiary/aromatic N) is 2. The standard InChI is InChI=1S/C28H18N2S2/c1-2-4-26-24(20-7-11-22(12-8-20)28-30-16-18-32-28)14-13-23(25(26)3-1)19-5-9-21(10-6-19)27-29-15-17-31-27/h1-18H. The van der Waals surface area contributed by atoms with Gasteiger partial charge >= 0.3 is 0 Å². The summed E-state index contributed by atoms with van der Waals surface area (Å²) >= 11 is 3.33. The largest absolute Gasteiger partial charge is 0.245 e. The first-order valence-electron chi connectivity index (χ1n) is 10.4. The molecule has 0 atom stereocenters. The Hall–Kier alpha value is -3.60. The van der Waals surface area contributed by atoms with Gasteiger partial charge in [0.05, 0.1) is 0 Å². The summed E-state index contributed by atoms with van der Waals surface area (Å²) in [7, 11) is 0. The van der Waals surface area contributed by atoms with Crippen LogP contribution in [0.4, 0.5) is 0 Å². The Morgan fingerprint density at radius 1 is 0.438 bits per heavy atom. The zero-order valence-corrected chi connectivity index (χ0v) is 18.7. The van der Waals surface area contributed by atoms with E-state index in [0.717, 1.165) is 21.1 Å². The van der Waals surface area contributed by atoms with Crippen LogP contribution in [0.3, 0.4) is 0 Å². The molecule has 0 unspecified atom stereocenters. The van der Waals surface area contributed by atoms with Crippen molar-refractivity contribution >= 4 is 33.4 Å². The fraction of sp³-hybridized carbons (Fsp3) is 0. The van der Waals surface area contributed by atoms with E-state index >= 15 is 0 Å². The van der Waals surface area contributed by atoms with Gasteiger partial charge in [-0.15, -0.1) is 22.7 Å². The van der Waals surface area contributed by atoms with Gasteiger partial charge in [-0.25, -0.2) is 9.97 Å². The molecule has 2 heterocycles. The van der Waals surface area contributed by atoms with Crippen molar-refractivity contribution in [1.82, 2.24) is 9.97 Å². The maximum atomic E-state index is 4.42. The van der Waals surface area contributed by atoms with Crippen LogP contribution in [0.5, 0.6) is 0 Å². The van der Waals surface area contributed by atoms with Crippen LogP contribution in [0, 0.1) is 0 Å². The maximum absolute atomic E-state index is 4.42. The Kier molecular flexibility index (Phi) is 4.87. The van der Waals surface area contributed by atoms with Crippen LogP contribution >= 0.6 is 22.7 Å². The lowest BCUT2D eigenvalue weighted by Crippen LogP contribution is -1.87. The van der Waals surface area contributed by atoms with Gasteiger partial charge in [0, 0.05) is 34.3 Å². The molecular formula is C28H18N2S2. The molecule has 4 aromatic carbocycles. The second-order valence-corrected chi connectivity index (χ2v) is 9.32. The molecule has 0 saturated heterocycles. The van der Waals surface area contributed by atoms with Crippen LogP contribution < -0.4 is 0 Å². The molecule has 0 saturated carbocycles. The molecule has 0 spiro atoms.